The molecule has 0 fully saturated rings. The number of rotatable bonds is 6. The van der Waals surface area contributed by atoms with Crippen LogP contribution in [0.4, 0.5) is 9.18 Å². The highest BCUT2D eigenvalue weighted by Gasteiger charge is 2.03. The Bertz CT molecular complexity index is 632. The van der Waals surface area contributed by atoms with Crippen LogP contribution in [0.2, 0.25) is 0 Å². The number of hydrogen-bond donors (Lipinski definition) is 2. The van der Waals surface area contributed by atoms with E-state index in [0.717, 1.165) is 11.3 Å². The van der Waals surface area contributed by atoms with Crippen molar-refractivity contribution in [1.29, 1.82) is 0 Å². The van der Waals surface area contributed by atoms with Gasteiger partial charge in [-0.2, -0.15) is 0 Å². The highest BCUT2D eigenvalue weighted by atomic mass is 19.1. The molecule has 0 unspecified atom stereocenters. The van der Waals surface area contributed by atoms with Crippen LogP contribution in [0.3, 0.4) is 0 Å². The molecule has 0 atom stereocenters. The number of carbonyl (C=O) groups excluding carboxylic acids is 1. The molecule has 2 aromatic rings. The van der Waals surface area contributed by atoms with Gasteiger partial charge in [0.1, 0.15) is 11.6 Å². The summed E-state index contributed by atoms with van der Waals surface area (Å²) in [6.45, 7) is 0.785. The Morgan fingerprint density at radius 3 is 2.73 bits per heavy atom. The van der Waals surface area contributed by atoms with E-state index >= 15 is 0 Å². The molecule has 0 aliphatic rings. The summed E-state index contributed by atoms with van der Waals surface area (Å²) in [4.78, 5) is 11.7. The van der Waals surface area contributed by atoms with Crippen molar-refractivity contribution >= 4 is 6.03 Å². The summed E-state index contributed by atoms with van der Waals surface area (Å²) < 4.78 is 18.5. The lowest BCUT2D eigenvalue weighted by Gasteiger charge is -2.09. The first-order valence-corrected chi connectivity index (χ1v) is 7.07. The summed E-state index contributed by atoms with van der Waals surface area (Å²) in [5, 5.41) is 5.46. The average Bonchev–Trinajstić information content (AvgIpc) is 2.55. The fourth-order valence-electron chi connectivity index (χ4n) is 2.04. The third-order valence-electron chi connectivity index (χ3n) is 3.22. The lowest BCUT2D eigenvalue weighted by atomic mass is 10.1. The van der Waals surface area contributed by atoms with E-state index in [0.29, 0.717) is 25.1 Å². The normalized spacial score (nSPS) is 10.1. The third-order valence-corrected chi connectivity index (χ3v) is 3.22. The molecular formula is C17H19FN2O2. The van der Waals surface area contributed by atoms with Crippen LogP contribution in [0.1, 0.15) is 11.1 Å². The van der Waals surface area contributed by atoms with E-state index in [4.69, 9.17) is 4.74 Å². The lowest BCUT2D eigenvalue weighted by Crippen LogP contribution is -2.36. The summed E-state index contributed by atoms with van der Waals surface area (Å²) in [6.07, 6.45) is 0.458. The molecule has 0 spiro atoms. The van der Waals surface area contributed by atoms with Gasteiger partial charge < -0.3 is 15.4 Å². The highest BCUT2D eigenvalue weighted by molar-refractivity contribution is 5.73. The maximum atomic E-state index is 13.4. The molecule has 4 nitrogen and oxygen atoms in total. The van der Waals surface area contributed by atoms with Crippen LogP contribution >= 0.6 is 0 Å². The van der Waals surface area contributed by atoms with Crippen LogP contribution in [0.15, 0.2) is 48.5 Å². The number of methoxy groups -OCH3 is 1. The monoisotopic (exact) mass is 302 g/mol. The highest BCUT2D eigenvalue weighted by Crippen LogP contribution is 2.12. The molecule has 22 heavy (non-hydrogen) atoms. The molecule has 0 aliphatic carbocycles. The Morgan fingerprint density at radius 1 is 1.14 bits per heavy atom. The first kappa shape index (κ1) is 15.8. The van der Waals surface area contributed by atoms with Crippen molar-refractivity contribution in [1.82, 2.24) is 10.6 Å². The summed E-state index contributed by atoms with van der Waals surface area (Å²) in [7, 11) is 1.60. The standard InChI is InChI=1S/C17H19FN2O2/c1-22-15-7-4-5-13(11-15)12-20-17(21)19-10-9-14-6-2-3-8-16(14)18/h2-8,11H,9-10,12H2,1H3,(H2,19,20,21). The van der Waals surface area contributed by atoms with E-state index < -0.39 is 0 Å². The van der Waals surface area contributed by atoms with Crippen molar-refractivity contribution in [3.63, 3.8) is 0 Å². The molecule has 2 amide bonds. The largest absolute Gasteiger partial charge is 0.497 e. The van der Waals surface area contributed by atoms with E-state index in [1.54, 1.807) is 25.3 Å². The number of urea groups is 1. The summed E-state index contributed by atoms with van der Waals surface area (Å²) in [5.74, 6) is 0.500. The Balaban J connectivity index is 1.73. The van der Waals surface area contributed by atoms with Gasteiger partial charge in [0.15, 0.2) is 0 Å². The predicted molar refractivity (Wildman–Crippen MR) is 83.3 cm³/mol. The molecule has 0 bridgehead atoms. The number of halogens is 1. The van der Waals surface area contributed by atoms with Crippen LogP contribution in [-0.2, 0) is 13.0 Å². The molecule has 2 N–H and O–H groups in total. The summed E-state index contributed by atoms with van der Waals surface area (Å²) in [6, 6.07) is 13.8. The number of carbonyl (C=O) groups is 1. The van der Waals surface area contributed by atoms with Crippen molar-refractivity contribution in [2.45, 2.75) is 13.0 Å². The van der Waals surface area contributed by atoms with Gasteiger partial charge in [0.25, 0.3) is 0 Å². The smallest absolute Gasteiger partial charge is 0.315 e. The second kappa shape index (κ2) is 8.02. The van der Waals surface area contributed by atoms with Crippen molar-refractivity contribution < 1.29 is 13.9 Å². The minimum atomic E-state index is -0.279. The lowest BCUT2D eigenvalue weighted by molar-refractivity contribution is 0.240. The summed E-state index contributed by atoms with van der Waals surface area (Å²) >= 11 is 0. The minimum absolute atomic E-state index is 0.249. The molecule has 116 valence electrons. The zero-order valence-corrected chi connectivity index (χ0v) is 12.4. The zero-order chi connectivity index (χ0) is 15.8. The quantitative estimate of drug-likeness (QED) is 0.862. The van der Waals surface area contributed by atoms with Crippen LogP contribution in [0.25, 0.3) is 0 Å². The Hall–Kier alpha value is -2.56. The molecular weight excluding hydrogens is 283 g/mol. The second-order valence-electron chi connectivity index (χ2n) is 4.80. The van der Waals surface area contributed by atoms with Gasteiger partial charge in [-0.3, -0.25) is 0 Å². The number of hydrogen-bond acceptors (Lipinski definition) is 2. The molecule has 2 aromatic carbocycles. The predicted octanol–water partition coefficient (Wildman–Crippen LogP) is 2.88. The average molecular weight is 302 g/mol. The number of nitrogens with one attached hydrogen (secondary N) is 2. The van der Waals surface area contributed by atoms with Crippen LogP contribution in [0, 0.1) is 5.82 Å². The van der Waals surface area contributed by atoms with Crippen LogP contribution in [0.5, 0.6) is 5.75 Å². The van der Waals surface area contributed by atoms with Crippen molar-refractivity contribution in [3.05, 3.63) is 65.5 Å². The fraction of sp³-hybridized carbons (Fsp3) is 0.235. The molecule has 0 aromatic heterocycles. The Kier molecular flexibility index (Phi) is 5.77. The van der Waals surface area contributed by atoms with E-state index in [2.05, 4.69) is 10.6 Å². The molecule has 0 saturated heterocycles. The van der Waals surface area contributed by atoms with Gasteiger partial charge >= 0.3 is 6.03 Å². The number of amides is 2. The first-order valence-electron chi connectivity index (χ1n) is 7.07. The van der Waals surface area contributed by atoms with Gasteiger partial charge in [0.2, 0.25) is 0 Å². The Labute approximate surface area is 129 Å². The first-order chi connectivity index (χ1) is 10.7. The SMILES string of the molecule is COc1cccc(CNC(=O)NCCc2ccccc2F)c1. The van der Waals surface area contributed by atoms with Gasteiger partial charge in [-0.1, -0.05) is 30.3 Å². The third kappa shape index (κ3) is 4.77. The molecule has 0 radical (unpaired) electrons. The van der Waals surface area contributed by atoms with Crippen LogP contribution < -0.4 is 15.4 Å². The Morgan fingerprint density at radius 2 is 1.95 bits per heavy atom. The maximum Gasteiger partial charge on any atom is 0.315 e. The van der Waals surface area contributed by atoms with E-state index in [-0.39, 0.29) is 11.8 Å². The molecule has 5 heteroatoms. The number of benzene rings is 2. The summed E-state index contributed by atoms with van der Waals surface area (Å²) in [5.41, 5.74) is 1.54. The van der Waals surface area contributed by atoms with Gasteiger partial charge in [-0.05, 0) is 35.7 Å². The van der Waals surface area contributed by atoms with Gasteiger partial charge in [0.05, 0.1) is 7.11 Å². The van der Waals surface area contributed by atoms with E-state index in [1.807, 2.05) is 24.3 Å². The van der Waals surface area contributed by atoms with E-state index in [1.165, 1.54) is 6.07 Å². The second-order valence-corrected chi connectivity index (χ2v) is 4.80. The number of ether oxygens (including phenoxy) is 1. The minimum Gasteiger partial charge on any atom is -0.497 e. The van der Waals surface area contributed by atoms with Crippen molar-refractivity contribution in [3.8, 4) is 5.75 Å². The van der Waals surface area contributed by atoms with Gasteiger partial charge in [-0.15, -0.1) is 0 Å². The topological polar surface area (TPSA) is 50.4 Å². The van der Waals surface area contributed by atoms with Crippen LogP contribution in [-0.4, -0.2) is 19.7 Å². The molecule has 0 heterocycles. The maximum absolute atomic E-state index is 13.4. The molecule has 2 rings (SSSR count). The molecule has 0 aliphatic heterocycles. The molecule has 0 saturated carbocycles. The van der Waals surface area contributed by atoms with E-state index in [9.17, 15) is 9.18 Å². The van der Waals surface area contributed by atoms with Gasteiger partial charge in [-0.25, -0.2) is 9.18 Å². The fourth-order valence-corrected chi connectivity index (χ4v) is 2.04. The zero-order valence-electron chi connectivity index (χ0n) is 12.4. The van der Waals surface area contributed by atoms with Gasteiger partial charge in [0, 0.05) is 13.1 Å². The van der Waals surface area contributed by atoms with Crippen molar-refractivity contribution in [2.75, 3.05) is 13.7 Å². The van der Waals surface area contributed by atoms with Crippen molar-refractivity contribution in [2.24, 2.45) is 0 Å².